The highest BCUT2D eigenvalue weighted by Gasteiger charge is 2.35. The molecule has 0 saturated carbocycles. The summed E-state index contributed by atoms with van der Waals surface area (Å²) in [4.78, 5) is 49.6. The largest absolute Gasteiger partial charge is 0.436 e. The van der Waals surface area contributed by atoms with Crippen molar-refractivity contribution in [1.29, 1.82) is 0 Å². The Bertz CT molecular complexity index is 1740. The van der Waals surface area contributed by atoms with Gasteiger partial charge in [-0.3, -0.25) is 14.5 Å². The van der Waals surface area contributed by atoms with Gasteiger partial charge in [-0.1, -0.05) is 42.8 Å². The molecule has 1 atom stereocenters. The van der Waals surface area contributed by atoms with Gasteiger partial charge in [0.25, 0.3) is 5.91 Å². The average Bonchev–Trinajstić information content (AvgIpc) is 3.76. The van der Waals surface area contributed by atoms with E-state index in [2.05, 4.69) is 20.1 Å². The number of hydrogen-bond donors (Lipinski definition) is 2. The lowest BCUT2D eigenvalue weighted by molar-refractivity contribution is -0.142. The predicted octanol–water partition coefficient (Wildman–Crippen LogP) is 4.89. The fourth-order valence-electron chi connectivity index (χ4n) is 7.73. The number of nitrogens with one attached hydrogen (secondary N) is 2. The summed E-state index contributed by atoms with van der Waals surface area (Å²) in [6, 6.07) is 14.3. The van der Waals surface area contributed by atoms with Crippen molar-refractivity contribution in [3.8, 4) is 11.3 Å². The van der Waals surface area contributed by atoms with E-state index in [4.69, 9.17) is 4.74 Å². The summed E-state index contributed by atoms with van der Waals surface area (Å²) in [5, 5.41) is 8.18. The zero-order chi connectivity index (χ0) is 32.3. The molecule has 4 aromatic rings. The van der Waals surface area contributed by atoms with Crippen molar-refractivity contribution in [1.82, 2.24) is 34.4 Å². The van der Waals surface area contributed by atoms with Crippen molar-refractivity contribution < 1.29 is 14.3 Å². The molecular weight excluding hydrogens is 594 g/mol. The molecule has 2 amide bonds. The normalized spacial score (nSPS) is 19.3. The SMILES string of the molecule is Cc1cc(CC(OC(=O)N2CCC(n3cc(-c4ccccc4)[nH]c3=O)CC2)C(=O)N2CCC(N3CCCCC3)CC2)cc2cn[nH]c12. The molecule has 3 saturated heterocycles. The molecule has 0 bridgehead atoms. The van der Waals surface area contributed by atoms with Crippen LogP contribution >= 0.6 is 0 Å². The number of aromatic amines is 2. The maximum Gasteiger partial charge on any atom is 0.410 e. The van der Waals surface area contributed by atoms with E-state index in [0.29, 0.717) is 51.5 Å². The molecule has 248 valence electrons. The molecule has 2 N–H and O–H groups in total. The number of amides is 2. The Morgan fingerprint density at radius 2 is 1.62 bits per heavy atom. The fraction of sp³-hybridized carbons (Fsp3) is 0.500. The molecule has 3 fully saturated rings. The van der Waals surface area contributed by atoms with Crippen LogP contribution in [0, 0.1) is 6.92 Å². The third kappa shape index (κ3) is 6.86. The Kier molecular flexibility index (Phi) is 9.15. The van der Waals surface area contributed by atoms with E-state index >= 15 is 0 Å². The van der Waals surface area contributed by atoms with Crippen LogP contribution in [0.5, 0.6) is 0 Å². The van der Waals surface area contributed by atoms with Crippen molar-refractivity contribution in [2.24, 2.45) is 0 Å². The van der Waals surface area contributed by atoms with Gasteiger partial charge in [0.2, 0.25) is 0 Å². The molecule has 0 aliphatic carbocycles. The third-order valence-corrected chi connectivity index (χ3v) is 10.4. The third-order valence-electron chi connectivity index (χ3n) is 10.4. The fourth-order valence-corrected chi connectivity index (χ4v) is 7.73. The summed E-state index contributed by atoms with van der Waals surface area (Å²) in [6.07, 6.45) is 9.53. The number of carbonyl (C=O) groups is 2. The zero-order valence-corrected chi connectivity index (χ0v) is 27.2. The minimum absolute atomic E-state index is 0.0245. The van der Waals surface area contributed by atoms with Crippen LogP contribution in [0.4, 0.5) is 4.79 Å². The van der Waals surface area contributed by atoms with Gasteiger partial charge >= 0.3 is 11.8 Å². The van der Waals surface area contributed by atoms with E-state index in [-0.39, 0.29) is 17.6 Å². The van der Waals surface area contributed by atoms with Crippen molar-refractivity contribution in [2.45, 2.75) is 76.5 Å². The van der Waals surface area contributed by atoms with E-state index < -0.39 is 12.2 Å². The van der Waals surface area contributed by atoms with E-state index in [1.807, 2.05) is 60.5 Å². The number of aromatic nitrogens is 4. The number of carbonyl (C=O) groups excluding carboxylic acids is 2. The summed E-state index contributed by atoms with van der Waals surface area (Å²) in [5.74, 6) is -0.123. The van der Waals surface area contributed by atoms with Gasteiger partial charge in [0.1, 0.15) is 0 Å². The first-order chi connectivity index (χ1) is 22.9. The van der Waals surface area contributed by atoms with Gasteiger partial charge in [-0.2, -0.15) is 5.10 Å². The van der Waals surface area contributed by atoms with Gasteiger partial charge in [-0.05, 0) is 81.3 Å². The molecule has 3 aliphatic rings. The number of imidazole rings is 1. The van der Waals surface area contributed by atoms with Crippen molar-refractivity contribution in [3.05, 3.63) is 76.5 Å². The molecule has 1 unspecified atom stereocenters. The second-order valence-corrected chi connectivity index (χ2v) is 13.4. The molecule has 5 heterocycles. The number of likely N-dealkylation sites (tertiary alicyclic amines) is 3. The number of fused-ring (bicyclic) bond motifs is 1. The smallest absolute Gasteiger partial charge is 0.410 e. The zero-order valence-electron chi connectivity index (χ0n) is 27.2. The highest BCUT2D eigenvalue weighted by atomic mass is 16.6. The number of aryl methyl sites for hydroxylation is 1. The van der Waals surface area contributed by atoms with Gasteiger partial charge in [-0.25, -0.2) is 9.59 Å². The number of H-pyrrole nitrogens is 2. The molecule has 2 aromatic carbocycles. The second-order valence-electron chi connectivity index (χ2n) is 13.4. The second kappa shape index (κ2) is 13.8. The quantitative estimate of drug-likeness (QED) is 0.297. The summed E-state index contributed by atoms with van der Waals surface area (Å²) >= 11 is 0. The molecule has 0 radical (unpaired) electrons. The first-order valence-electron chi connectivity index (χ1n) is 17.2. The number of rotatable bonds is 7. The van der Waals surface area contributed by atoms with Crippen molar-refractivity contribution in [2.75, 3.05) is 39.3 Å². The summed E-state index contributed by atoms with van der Waals surface area (Å²) < 4.78 is 7.85. The molecule has 11 nitrogen and oxygen atoms in total. The van der Waals surface area contributed by atoms with E-state index in [9.17, 15) is 14.4 Å². The molecule has 7 rings (SSSR count). The Labute approximate surface area is 274 Å². The summed E-state index contributed by atoms with van der Waals surface area (Å²) in [6.45, 7) is 6.57. The van der Waals surface area contributed by atoms with E-state index in [1.54, 1.807) is 15.7 Å². The Hall–Kier alpha value is -4.38. The van der Waals surface area contributed by atoms with Crippen LogP contribution in [0.15, 0.2) is 59.7 Å². The number of hydrogen-bond acceptors (Lipinski definition) is 6. The molecule has 3 aliphatic heterocycles. The number of piperidine rings is 3. The molecule has 2 aromatic heterocycles. The van der Waals surface area contributed by atoms with Gasteiger partial charge in [0, 0.05) is 56.3 Å². The van der Waals surface area contributed by atoms with Crippen LogP contribution in [0.1, 0.15) is 62.1 Å². The van der Waals surface area contributed by atoms with Crippen molar-refractivity contribution in [3.63, 3.8) is 0 Å². The standard InChI is InChI=1S/C36H45N7O4/c1-25-20-26(21-28-23-37-39-33(25)28)22-32(34(44)41-16-10-29(11-17-41)40-14-6-3-7-15-40)47-36(46)42-18-12-30(13-19-42)43-24-31(38-35(43)45)27-8-4-2-5-9-27/h2,4-5,8-9,20-21,23-24,29-30,32H,3,6-7,10-19,22H2,1H3,(H,37,39)(H,38,45). The topological polar surface area (TPSA) is 120 Å². The van der Waals surface area contributed by atoms with Crippen LogP contribution in [0.25, 0.3) is 22.2 Å². The summed E-state index contributed by atoms with van der Waals surface area (Å²) in [7, 11) is 0. The van der Waals surface area contributed by atoms with Crippen LogP contribution < -0.4 is 5.69 Å². The molecule has 0 spiro atoms. The molecule has 11 heteroatoms. The van der Waals surface area contributed by atoms with E-state index in [1.165, 1.54) is 19.3 Å². The molecule has 47 heavy (non-hydrogen) atoms. The predicted molar refractivity (Wildman–Crippen MR) is 180 cm³/mol. The van der Waals surface area contributed by atoms with Crippen LogP contribution in [-0.2, 0) is 16.0 Å². The first kappa shape index (κ1) is 31.2. The van der Waals surface area contributed by atoms with Crippen LogP contribution in [0.3, 0.4) is 0 Å². The first-order valence-corrected chi connectivity index (χ1v) is 17.2. The Balaban J connectivity index is 1.02. The lowest BCUT2D eigenvalue weighted by atomic mass is 9.98. The number of ether oxygens (including phenoxy) is 1. The van der Waals surface area contributed by atoms with E-state index in [0.717, 1.165) is 59.2 Å². The minimum Gasteiger partial charge on any atom is -0.436 e. The highest BCUT2D eigenvalue weighted by molar-refractivity contribution is 5.85. The molecular formula is C36H45N7O4. The van der Waals surface area contributed by atoms with Crippen molar-refractivity contribution >= 4 is 22.9 Å². The summed E-state index contributed by atoms with van der Waals surface area (Å²) in [5.41, 5.74) is 4.52. The Morgan fingerprint density at radius 1 is 0.915 bits per heavy atom. The van der Waals surface area contributed by atoms with Gasteiger partial charge in [0.15, 0.2) is 6.10 Å². The van der Waals surface area contributed by atoms with Gasteiger partial charge in [-0.15, -0.1) is 0 Å². The minimum atomic E-state index is -0.920. The maximum atomic E-state index is 14.1. The number of nitrogens with zero attached hydrogens (tertiary/aromatic N) is 5. The van der Waals surface area contributed by atoms with Crippen LogP contribution in [0.2, 0.25) is 0 Å². The highest BCUT2D eigenvalue weighted by Crippen LogP contribution is 2.27. The van der Waals surface area contributed by atoms with Crippen LogP contribution in [-0.4, -0.2) is 97.9 Å². The average molecular weight is 640 g/mol. The van der Waals surface area contributed by atoms with Gasteiger partial charge < -0.3 is 24.4 Å². The lowest BCUT2D eigenvalue weighted by Gasteiger charge is -2.41. The monoisotopic (exact) mass is 639 g/mol. The lowest BCUT2D eigenvalue weighted by Crippen LogP contribution is -2.52. The Morgan fingerprint density at radius 3 is 2.36 bits per heavy atom. The number of benzene rings is 2. The maximum absolute atomic E-state index is 14.1. The van der Waals surface area contributed by atoms with Gasteiger partial charge in [0.05, 0.1) is 17.4 Å².